The van der Waals surface area contributed by atoms with E-state index in [1.807, 2.05) is 13.8 Å². The SMILES string of the molecule is CCc1[nH]c(=S)c(C#N)c(C)c1COCOC. The van der Waals surface area contributed by atoms with Crippen molar-refractivity contribution >= 4 is 12.2 Å². The van der Waals surface area contributed by atoms with Crippen molar-refractivity contribution in [3.8, 4) is 6.07 Å². The predicted octanol–water partition coefficient (Wildman–Crippen LogP) is 2.61. The highest BCUT2D eigenvalue weighted by atomic mass is 32.1. The van der Waals surface area contributed by atoms with Gasteiger partial charge in [0.15, 0.2) is 0 Å². The fourth-order valence-corrected chi connectivity index (χ4v) is 2.00. The zero-order valence-electron chi connectivity index (χ0n) is 10.3. The van der Waals surface area contributed by atoms with Crippen LogP contribution >= 0.6 is 12.2 Å². The van der Waals surface area contributed by atoms with Gasteiger partial charge in [0.05, 0.1) is 12.2 Å². The van der Waals surface area contributed by atoms with Crippen LogP contribution in [0.2, 0.25) is 0 Å². The van der Waals surface area contributed by atoms with Gasteiger partial charge in [0.25, 0.3) is 0 Å². The summed E-state index contributed by atoms with van der Waals surface area (Å²) >= 11 is 5.14. The average molecular weight is 252 g/mol. The highest BCUT2D eigenvalue weighted by Crippen LogP contribution is 2.19. The van der Waals surface area contributed by atoms with Gasteiger partial charge >= 0.3 is 0 Å². The van der Waals surface area contributed by atoms with E-state index in [2.05, 4.69) is 11.1 Å². The molecule has 0 saturated heterocycles. The molecule has 0 amide bonds. The zero-order valence-corrected chi connectivity index (χ0v) is 11.1. The molecule has 0 spiro atoms. The molecule has 0 saturated carbocycles. The van der Waals surface area contributed by atoms with Crippen LogP contribution in [0.15, 0.2) is 0 Å². The molecular weight excluding hydrogens is 236 g/mol. The molecule has 0 radical (unpaired) electrons. The topological polar surface area (TPSA) is 58.0 Å². The van der Waals surface area contributed by atoms with E-state index in [0.717, 1.165) is 23.2 Å². The maximum absolute atomic E-state index is 9.06. The van der Waals surface area contributed by atoms with Crippen molar-refractivity contribution in [2.45, 2.75) is 26.9 Å². The van der Waals surface area contributed by atoms with E-state index in [0.29, 0.717) is 16.8 Å². The number of nitrogens with one attached hydrogen (secondary N) is 1. The van der Waals surface area contributed by atoms with Gasteiger partial charge in [-0.05, 0) is 18.9 Å². The Hall–Kier alpha value is -1.22. The maximum atomic E-state index is 9.06. The van der Waals surface area contributed by atoms with Gasteiger partial charge in [-0.1, -0.05) is 19.1 Å². The Morgan fingerprint density at radius 2 is 2.18 bits per heavy atom. The lowest BCUT2D eigenvalue weighted by molar-refractivity contribution is -0.0394. The van der Waals surface area contributed by atoms with Gasteiger partial charge in [0, 0.05) is 18.4 Å². The van der Waals surface area contributed by atoms with Crippen LogP contribution in [0.1, 0.15) is 29.3 Å². The number of aromatic amines is 1. The van der Waals surface area contributed by atoms with Gasteiger partial charge in [-0.3, -0.25) is 0 Å². The number of nitrogens with zero attached hydrogens (tertiary/aromatic N) is 1. The second-order valence-electron chi connectivity index (χ2n) is 3.63. The molecule has 0 aliphatic carbocycles. The molecule has 92 valence electrons. The minimum absolute atomic E-state index is 0.236. The number of ether oxygens (including phenoxy) is 2. The minimum Gasteiger partial charge on any atom is -0.359 e. The minimum atomic E-state index is 0.236. The molecule has 1 rings (SSSR count). The summed E-state index contributed by atoms with van der Waals surface area (Å²) in [6, 6.07) is 2.12. The number of hydrogen-bond acceptors (Lipinski definition) is 4. The molecule has 0 bridgehead atoms. The smallest absolute Gasteiger partial charge is 0.146 e. The number of aryl methyl sites for hydroxylation is 1. The quantitative estimate of drug-likeness (QED) is 0.497. The van der Waals surface area contributed by atoms with Gasteiger partial charge in [0.2, 0.25) is 0 Å². The van der Waals surface area contributed by atoms with Crippen LogP contribution in [0.4, 0.5) is 0 Å². The first-order chi connectivity index (χ1) is 8.15. The number of H-pyrrole nitrogens is 1. The number of pyridine rings is 1. The summed E-state index contributed by atoms with van der Waals surface area (Å²) in [6.45, 7) is 4.59. The molecule has 0 fully saturated rings. The zero-order chi connectivity index (χ0) is 12.8. The Bertz CT molecular complexity index is 489. The van der Waals surface area contributed by atoms with E-state index in [4.69, 9.17) is 27.0 Å². The number of rotatable bonds is 5. The Labute approximate surface area is 106 Å². The van der Waals surface area contributed by atoms with Gasteiger partial charge in [-0.15, -0.1) is 0 Å². The summed E-state index contributed by atoms with van der Waals surface area (Å²) in [5.41, 5.74) is 3.43. The highest BCUT2D eigenvalue weighted by Gasteiger charge is 2.11. The summed E-state index contributed by atoms with van der Waals surface area (Å²) < 4.78 is 10.7. The third kappa shape index (κ3) is 3.13. The maximum Gasteiger partial charge on any atom is 0.146 e. The highest BCUT2D eigenvalue weighted by molar-refractivity contribution is 7.71. The van der Waals surface area contributed by atoms with Crippen molar-refractivity contribution in [2.75, 3.05) is 13.9 Å². The fourth-order valence-electron chi connectivity index (χ4n) is 1.68. The van der Waals surface area contributed by atoms with Gasteiger partial charge in [-0.2, -0.15) is 5.26 Å². The van der Waals surface area contributed by atoms with Crippen molar-refractivity contribution in [1.29, 1.82) is 5.26 Å². The fraction of sp³-hybridized carbons (Fsp3) is 0.500. The standard InChI is InChI=1S/C12H16N2O2S/c1-4-11-10(6-16-7-15-3)8(2)9(5-13)12(17)14-11/h4,6-7H2,1-3H3,(H,14,17). The van der Waals surface area contributed by atoms with Gasteiger partial charge in [-0.25, -0.2) is 0 Å². The number of hydrogen-bond donors (Lipinski definition) is 1. The summed E-state index contributed by atoms with van der Waals surface area (Å²) in [6.07, 6.45) is 0.821. The molecule has 4 nitrogen and oxygen atoms in total. The predicted molar refractivity (Wildman–Crippen MR) is 67.1 cm³/mol. The second-order valence-corrected chi connectivity index (χ2v) is 4.04. The van der Waals surface area contributed by atoms with Crippen molar-refractivity contribution < 1.29 is 9.47 Å². The third-order valence-electron chi connectivity index (χ3n) is 2.60. The van der Waals surface area contributed by atoms with Crippen LogP contribution in [-0.2, 0) is 22.5 Å². The lowest BCUT2D eigenvalue weighted by Gasteiger charge is -2.13. The van der Waals surface area contributed by atoms with Crippen LogP contribution in [0.25, 0.3) is 0 Å². The summed E-state index contributed by atoms with van der Waals surface area (Å²) in [5, 5.41) is 9.06. The van der Waals surface area contributed by atoms with E-state index in [9.17, 15) is 0 Å². The summed E-state index contributed by atoms with van der Waals surface area (Å²) in [7, 11) is 1.58. The molecule has 1 aromatic heterocycles. The molecule has 0 aromatic carbocycles. The molecule has 0 aliphatic heterocycles. The van der Waals surface area contributed by atoms with Gasteiger partial charge in [0.1, 0.15) is 17.5 Å². The monoisotopic (exact) mass is 252 g/mol. The molecule has 0 unspecified atom stereocenters. The first-order valence-corrected chi connectivity index (χ1v) is 5.77. The number of aromatic nitrogens is 1. The Kier molecular flexibility index (Phi) is 5.29. The Morgan fingerprint density at radius 3 is 2.71 bits per heavy atom. The van der Waals surface area contributed by atoms with Crippen LogP contribution in [0, 0.1) is 22.9 Å². The van der Waals surface area contributed by atoms with Gasteiger partial charge < -0.3 is 14.5 Å². The first-order valence-electron chi connectivity index (χ1n) is 5.37. The van der Waals surface area contributed by atoms with E-state index in [1.54, 1.807) is 7.11 Å². The first kappa shape index (κ1) is 13.8. The van der Waals surface area contributed by atoms with E-state index >= 15 is 0 Å². The molecule has 0 atom stereocenters. The molecular formula is C12H16N2O2S. The molecule has 0 aliphatic rings. The number of nitriles is 1. The van der Waals surface area contributed by atoms with E-state index < -0.39 is 0 Å². The van der Waals surface area contributed by atoms with Crippen LogP contribution < -0.4 is 0 Å². The van der Waals surface area contributed by atoms with Crippen LogP contribution in [-0.4, -0.2) is 18.9 Å². The Balaban J connectivity index is 3.17. The molecule has 17 heavy (non-hydrogen) atoms. The number of methoxy groups -OCH3 is 1. The molecule has 1 N–H and O–H groups in total. The van der Waals surface area contributed by atoms with Crippen molar-refractivity contribution in [3.05, 3.63) is 27.0 Å². The lowest BCUT2D eigenvalue weighted by Crippen LogP contribution is -2.07. The average Bonchev–Trinajstić information content (AvgIpc) is 2.32. The van der Waals surface area contributed by atoms with Crippen molar-refractivity contribution in [1.82, 2.24) is 4.98 Å². The summed E-state index contributed by atoms with van der Waals surface area (Å²) in [5.74, 6) is 0. The van der Waals surface area contributed by atoms with Crippen molar-refractivity contribution in [3.63, 3.8) is 0 Å². The normalized spacial score (nSPS) is 10.2. The molecule has 1 heterocycles. The largest absolute Gasteiger partial charge is 0.359 e. The van der Waals surface area contributed by atoms with Crippen molar-refractivity contribution in [2.24, 2.45) is 0 Å². The third-order valence-corrected chi connectivity index (χ3v) is 2.90. The lowest BCUT2D eigenvalue weighted by atomic mass is 10.0. The van der Waals surface area contributed by atoms with E-state index in [1.165, 1.54) is 0 Å². The second kappa shape index (κ2) is 6.50. The molecule has 5 heteroatoms. The van der Waals surface area contributed by atoms with Crippen LogP contribution in [0.5, 0.6) is 0 Å². The summed E-state index contributed by atoms with van der Waals surface area (Å²) in [4.78, 5) is 3.08. The van der Waals surface area contributed by atoms with E-state index in [-0.39, 0.29) is 6.79 Å². The van der Waals surface area contributed by atoms with Crippen LogP contribution in [0.3, 0.4) is 0 Å². The Morgan fingerprint density at radius 1 is 1.47 bits per heavy atom. The molecule has 1 aromatic rings.